The maximum atomic E-state index is 12.3. The molecule has 1 fully saturated rings. The maximum absolute atomic E-state index is 12.3. The molecule has 3 rings (SSSR count). The van der Waals surface area contributed by atoms with Crippen LogP contribution < -0.4 is 10.1 Å². The van der Waals surface area contributed by atoms with E-state index in [0.29, 0.717) is 23.6 Å². The van der Waals surface area contributed by atoms with Crippen LogP contribution in [0.15, 0.2) is 53.4 Å². The second-order valence-electron chi connectivity index (χ2n) is 6.22. The van der Waals surface area contributed by atoms with Gasteiger partial charge in [0.1, 0.15) is 12.4 Å². The Bertz CT molecular complexity index is 854. The molecule has 2 aromatic rings. The van der Waals surface area contributed by atoms with E-state index in [-0.39, 0.29) is 16.9 Å². The lowest BCUT2D eigenvalue weighted by Gasteiger charge is -2.12. The average molecular weight is 375 g/mol. The van der Waals surface area contributed by atoms with E-state index in [2.05, 4.69) is 5.32 Å². The smallest absolute Gasteiger partial charge is 0.255 e. The molecule has 1 N–H and O–H groups in total. The highest BCUT2D eigenvalue weighted by Gasteiger charge is 2.16. The van der Waals surface area contributed by atoms with E-state index in [1.54, 1.807) is 36.4 Å². The first kappa shape index (κ1) is 18.4. The number of ether oxygens (including phenoxy) is 2. The fourth-order valence-corrected chi connectivity index (χ4v) is 3.29. The molecule has 0 radical (unpaired) electrons. The van der Waals surface area contributed by atoms with Crippen LogP contribution in [0, 0.1) is 0 Å². The van der Waals surface area contributed by atoms with E-state index in [1.165, 1.54) is 12.1 Å². The lowest BCUT2D eigenvalue weighted by Crippen LogP contribution is -2.16. The van der Waals surface area contributed by atoms with Crippen molar-refractivity contribution in [2.45, 2.75) is 23.8 Å². The van der Waals surface area contributed by atoms with Crippen molar-refractivity contribution >= 4 is 21.4 Å². The number of hydrogen-bond acceptors (Lipinski definition) is 5. The Morgan fingerprint density at radius 1 is 1.15 bits per heavy atom. The van der Waals surface area contributed by atoms with Gasteiger partial charge in [-0.2, -0.15) is 0 Å². The van der Waals surface area contributed by atoms with Gasteiger partial charge in [0.2, 0.25) is 0 Å². The Hall–Kier alpha value is -2.38. The summed E-state index contributed by atoms with van der Waals surface area (Å²) in [5.74, 6) is 0.414. The third-order valence-corrected chi connectivity index (χ3v) is 5.25. The van der Waals surface area contributed by atoms with Gasteiger partial charge < -0.3 is 14.8 Å². The van der Waals surface area contributed by atoms with E-state index in [9.17, 15) is 13.2 Å². The standard InChI is InChI=1S/C19H21NO5S/c1-26(22,23)18-10-6-15(7-11-18)20-19(21)14-4-8-16(9-5-14)25-13-17-3-2-12-24-17/h4-11,17H,2-3,12-13H2,1H3,(H,20,21). The second kappa shape index (κ2) is 7.88. The molecule has 1 aliphatic rings. The molecule has 1 aliphatic heterocycles. The third-order valence-electron chi connectivity index (χ3n) is 4.12. The number of hydrogen-bond donors (Lipinski definition) is 1. The molecule has 7 heteroatoms. The highest BCUT2D eigenvalue weighted by molar-refractivity contribution is 7.90. The highest BCUT2D eigenvalue weighted by Crippen LogP contribution is 2.18. The Labute approximate surface area is 153 Å². The van der Waals surface area contributed by atoms with Crippen molar-refractivity contribution in [3.05, 3.63) is 54.1 Å². The van der Waals surface area contributed by atoms with Gasteiger partial charge in [-0.15, -0.1) is 0 Å². The lowest BCUT2D eigenvalue weighted by molar-refractivity contribution is 0.0679. The normalized spacial score (nSPS) is 17.0. The largest absolute Gasteiger partial charge is 0.491 e. The van der Waals surface area contributed by atoms with E-state index < -0.39 is 9.84 Å². The number of benzene rings is 2. The van der Waals surface area contributed by atoms with Gasteiger partial charge in [0.15, 0.2) is 9.84 Å². The van der Waals surface area contributed by atoms with Crippen molar-refractivity contribution in [3.8, 4) is 5.75 Å². The Kier molecular flexibility index (Phi) is 5.58. The van der Waals surface area contributed by atoms with E-state index in [0.717, 1.165) is 25.7 Å². The molecule has 1 saturated heterocycles. The fourth-order valence-electron chi connectivity index (χ4n) is 2.66. The summed E-state index contributed by atoms with van der Waals surface area (Å²) in [6, 6.07) is 12.9. The zero-order valence-electron chi connectivity index (χ0n) is 14.5. The zero-order valence-corrected chi connectivity index (χ0v) is 15.3. The van der Waals surface area contributed by atoms with Gasteiger partial charge in [-0.25, -0.2) is 8.42 Å². The minimum Gasteiger partial charge on any atom is -0.491 e. The van der Waals surface area contributed by atoms with E-state index in [1.807, 2.05) is 0 Å². The summed E-state index contributed by atoms with van der Waals surface area (Å²) < 4.78 is 34.1. The molecule has 138 valence electrons. The summed E-state index contributed by atoms with van der Waals surface area (Å²) in [5, 5.41) is 2.74. The zero-order chi connectivity index (χ0) is 18.6. The third kappa shape index (κ3) is 4.83. The van der Waals surface area contributed by atoms with Gasteiger partial charge in [-0.1, -0.05) is 0 Å². The summed E-state index contributed by atoms with van der Waals surface area (Å²) >= 11 is 0. The lowest BCUT2D eigenvalue weighted by atomic mass is 10.2. The summed E-state index contributed by atoms with van der Waals surface area (Å²) in [4.78, 5) is 12.5. The van der Waals surface area contributed by atoms with E-state index >= 15 is 0 Å². The van der Waals surface area contributed by atoms with Crippen LogP contribution in [0.3, 0.4) is 0 Å². The molecule has 1 heterocycles. The van der Waals surface area contributed by atoms with Gasteiger partial charge >= 0.3 is 0 Å². The molecule has 0 saturated carbocycles. The number of sulfone groups is 1. The predicted octanol–water partition coefficient (Wildman–Crippen LogP) is 2.90. The molecule has 0 aliphatic carbocycles. The first-order chi connectivity index (χ1) is 12.4. The molecule has 1 amide bonds. The van der Waals surface area contributed by atoms with Crippen LogP contribution in [0.1, 0.15) is 23.2 Å². The van der Waals surface area contributed by atoms with Gasteiger partial charge in [0.25, 0.3) is 5.91 Å². The predicted molar refractivity (Wildman–Crippen MR) is 98.4 cm³/mol. The Balaban J connectivity index is 1.57. The van der Waals surface area contributed by atoms with Crippen molar-refractivity contribution in [3.63, 3.8) is 0 Å². The van der Waals surface area contributed by atoms with Gasteiger partial charge in [0, 0.05) is 24.1 Å². The molecule has 26 heavy (non-hydrogen) atoms. The minimum absolute atomic E-state index is 0.146. The van der Waals surface area contributed by atoms with Crippen LogP contribution >= 0.6 is 0 Å². The molecule has 2 aromatic carbocycles. The van der Waals surface area contributed by atoms with Crippen molar-refractivity contribution in [1.82, 2.24) is 0 Å². The SMILES string of the molecule is CS(=O)(=O)c1ccc(NC(=O)c2ccc(OCC3CCCO3)cc2)cc1. The topological polar surface area (TPSA) is 81.7 Å². The second-order valence-corrected chi connectivity index (χ2v) is 8.24. The quantitative estimate of drug-likeness (QED) is 0.840. The van der Waals surface area contributed by atoms with Crippen molar-refractivity contribution in [2.75, 3.05) is 24.8 Å². The van der Waals surface area contributed by atoms with Gasteiger partial charge in [-0.05, 0) is 61.4 Å². The average Bonchev–Trinajstić information content (AvgIpc) is 3.13. The van der Waals surface area contributed by atoms with Crippen LogP contribution in [0.25, 0.3) is 0 Å². The van der Waals surface area contributed by atoms with Crippen molar-refractivity contribution in [2.24, 2.45) is 0 Å². The van der Waals surface area contributed by atoms with Crippen LogP contribution in [0.5, 0.6) is 5.75 Å². The van der Waals surface area contributed by atoms with Crippen molar-refractivity contribution in [1.29, 1.82) is 0 Å². The summed E-state index contributed by atoms with van der Waals surface area (Å²) in [6.45, 7) is 1.30. The number of anilines is 1. The molecule has 6 nitrogen and oxygen atoms in total. The minimum atomic E-state index is -3.25. The molecule has 1 unspecified atom stereocenters. The van der Waals surface area contributed by atoms with Crippen LogP contribution in [-0.4, -0.2) is 39.9 Å². The number of carbonyl (C=O) groups is 1. The highest BCUT2D eigenvalue weighted by atomic mass is 32.2. The summed E-state index contributed by atoms with van der Waals surface area (Å²) in [5.41, 5.74) is 1.02. The summed E-state index contributed by atoms with van der Waals surface area (Å²) in [6.07, 6.45) is 3.37. The van der Waals surface area contributed by atoms with Gasteiger partial charge in [-0.3, -0.25) is 4.79 Å². The molecule has 0 bridgehead atoms. The fraction of sp³-hybridized carbons (Fsp3) is 0.316. The van der Waals surface area contributed by atoms with Crippen LogP contribution in [0.4, 0.5) is 5.69 Å². The monoisotopic (exact) mass is 375 g/mol. The summed E-state index contributed by atoms with van der Waals surface area (Å²) in [7, 11) is -3.25. The van der Waals surface area contributed by atoms with Crippen LogP contribution in [0.2, 0.25) is 0 Å². The molecular weight excluding hydrogens is 354 g/mol. The first-order valence-electron chi connectivity index (χ1n) is 8.38. The molecule has 0 spiro atoms. The number of nitrogens with one attached hydrogen (secondary N) is 1. The number of rotatable bonds is 6. The number of carbonyl (C=O) groups excluding carboxylic acids is 1. The maximum Gasteiger partial charge on any atom is 0.255 e. The van der Waals surface area contributed by atoms with E-state index in [4.69, 9.17) is 9.47 Å². The Morgan fingerprint density at radius 2 is 1.85 bits per heavy atom. The first-order valence-corrected chi connectivity index (χ1v) is 10.3. The Morgan fingerprint density at radius 3 is 2.42 bits per heavy atom. The van der Waals surface area contributed by atoms with Crippen LogP contribution in [-0.2, 0) is 14.6 Å². The molecular formula is C19H21NO5S. The van der Waals surface area contributed by atoms with Crippen molar-refractivity contribution < 1.29 is 22.7 Å². The van der Waals surface area contributed by atoms with Gasteiger partial charge in [0.05, 0.1) is 11.0 Å². The molecule has 1 atom stereocenters. The number of amides is 1. The molecule has 0 aromatic heterocycles.